The fourth-order valence-corrected chi connectivity index (χ4v) is 3.56. The van der Waals surface area contributed by atoms with E-state index in [1.165, 1.54) is 18.5 Å². The number of aromatic nitrogens is 2. The number of alkyl halides is 2. The summed E-state index contributed by atoms with van der Waals surface area (Å²) in [6.45, 7) is 3.73. The molecule has 1 heterocycles. The van der Waals surface area contributed by atoms with Crippen LogP contribution in [0.3, 0.4) is 0 Å². The van der Waals surface area contributed by atoms with Crippen LogP contribution in [0.25, 0.3) is 11.3 Å². The number of benzene rings is 2. The van der Waals surface area contributed by atoms with Gasteiger partial charge in [-0.15, -0.1) is 0 Å². The van der Waals surface area contributed by atoms with Crippen molar-refractivity contribution in [3.05, 3.63) is 76.6 Å². The van der Waals surface area contributed by atoms with Gasteiger partial charge in [0.2, 0.25) is 0 Å². The predicted molar refractivity (Wildman–Crippen MR) is 104 cm³/mol. The Morgan fingerprint density at radius 3 is 2.57 bits per heavy atom. The largest absolute Gasteiger partial charge is 0.305 e. The summed E-state index contributed by atoms with van der Waals surface area (Å²) in [7, 11) is 0. The molecule has 6 heteroatoms. The van der Waals surface area contributed by atoms with Gasteiger partial charge in [-0.3, -0.25) is 9.78 Å². The van der Waals surface area contributed by atoms with E-state index < -0.39 is 5.92 Å². The monoisotopic (exact) mass is 379 g/mol. The molecule has 28 heavy (non-hydrogen) atoms. The second-order valence-corrected chi connectivity index (χ2v) is 7.08. The maximum atomic E-state index is 14.1. The van der Waals surface area contributed by atoms with Crippen LogP contribution in [0.2, 0.25) is 0 Å². The van der Waals surface area contributed by atoms with E-state index in [-0.39, 0.29) is 17.9 Å². The summed E-state index contributed by atoms with van der Waals surface area (Å²) >= 11 is 0. The van der Waals surface area contributed by atoms with Gasteiger partial charge < -0.3 is 5.32 Å². The molecule has 142 valence electrons. The topological polar surface area (TPSA) is 54.9 Å². The van der Waals surface area contributed by atoms with Gasteiger partial charge in [0, 0.05) is 23.1 Å². The van der Waals surface area contributed by atoms with Gasteiger partial charge in [0.1, 0.15) is 0 Å². The van der Waals surface area contributed by atoms with Crippen LogP contribution in [0.5, 0.6) is 0 Å². The number of carbonyl (C=O) groups is 1. The number of hydrogen-bond donors (Lipinski definition) is 1. The number of hydrogen-bond acceptors (Lipinski definition) is 3. The van der Waals surface area contributed by atoms with Gasteiger partial charge in [0.15, 0.2) is 5.82 Å². The lowest BCUT2D eigenvalue weighted by Gasteiger charge is -2.13. The highest BCUT2D eigenvalue weighted by molar-refractivity contribution is 6.04. The van der Waals surface area contributed by atoms with Gasteiger partial charge in [0.25, 0.3) is 11.8 Å². The smallest absolute Gasteiger partial charge is 0.273 e. The molecular formula is C22H19F2N3O. The number of anilines is 1. The summed E-state index contributed by atoms with van der Waals surface area (Å²) in [6.07, 6.45) is 3.17. The summed E-state index contributed by atoms with van der Waals surface area (Å²) in [5, 5.41) is 2.71. The zero-order chi connectivity index (χ0) is 19.9. The Labute approximate surface area is 161 Å². The third-order valence-corrected chi connectivity index (χ3v) is 5.11. The molecule has 0 atom stereocenters. The third-order valence-electron chi connectivity index (χ3n) is 5.11. The molecule has 0 fully saturated rings. The molecule has 0 bridgehead atoms. The van der Waals surface area contributed by atoms with Gasteiger partial charge in [-0.1, -0.05) is 24.3 Å². The van der Waals surface area contributed by atoms with Crippen LogP contribution < -0.4 is 5.32 Å². The fourth-order valence-electron chi connectivity index (χ4n) is 3.56. The zero-order valence-corrected chi connectivity index (χ0v) is 15.6. The van der Waals surface area contributed by atoms with Crippen molar-refractivity contribution in [1.29, 1.82) is 0 Å². The van der Waals surface area contributed by atoms with Crippen LogP contribution in [0.1, 0.15) is 39.0 Å². The van der Waals surface area contributed by atoms with E-state index in [0.29, 0.717) is 34.6 Å². The predicted octanol–water partition coefficient (Wildman–Crippen LogP) is 5.05. The molecule has 3 aromatic rings. The number of nitrogens with one attached hydrogen (secondary N) is 1. The van der Waals surface area contributed by atoms with E-state index in [0.717, 1.165) is 11.1 Å². The Kier molecular flexibility index (Phi) is 4.41. The SMILES string of the molecule is Cc1ccccc1C(=O)Nc1cnc(-c2cc3c(cc2C)CCC3(F)F)cn1. The minimum absolute atomic E-state index is 0.0758. The standard InChI is InChI=1S/C22H19F2N3O/c1-13-5-3-4-6-16(13)21(28)27-20-12-25-19(11-26-20)17-10-18-15(9-14(17)2)7-8-22(18,23)24/h3-6,9-12H,7-8H2,1-2H3,(H,26,27,28). The number of halogens is 2. The van der Waals surface area contributed by atoms with Crippen molar-refractivity contribution in [2.24, 2.45) is 0 Å². The second kappa shape index (κ2) is 6.78. The van der Waals surface area contributed by atoms with Crippen molar-refractivity contribution in [1.82, 2.24) is 9.97 Å². The van der Waals surface area contributed by atoms with E-state index in [9.17, 15) is 13.6 Å². The van der Waals surface area contributed by atoms with Crippen LogP contribution in [0.15, 0.2) is 48.8 Å². The minimum atomic E-state index is -2.80. The average molecular weight is 379 g/mol. The first-order valence-electron chi connectivity index (χ1n) is 9.06. The Hall–Kier alpha value is -3.15. The molecular weight excluding hydrogens is 360 g/mol. The third kappa shape index (κ3) is 3.26. The Balaban J connectivity index is 1.59. The summed E-state index contributed by atoms with van der Waals surface area (Å²) in [5.74, 6) is -2.76. The number of carbonyl (C=O) groups excluding carboxylic acids is 1. The van der Waals surface area contributed by atoms with Crippen molar-refractivity contribution in [3.8, 4) is 11.3 Å². The molecule has 0 saturated heterocycles. The van der Waals surface area contributed by atoms with E-state index in [2.05, 4.69) is 15.3 Å². The molecule has 1 aromatic heterocycles. The average Bonchev–Trinajstić information content (AvgIpc) is 2.96. The van der Waals surface area contributed by atoms with Gasteiger partial charge in [-0.25, -0.2) is 13.8 Å². The lowest BCUT2D eigenvalue weighted by atomic mass is 9.98. The number of nitrogens with zero attached hydrogens (tertiary/aromatic N) is 2. The number of rotatable bonds is 3. The maximum Gasteiger partial charge on any atom is 0.273 e. The van der Waals surface area contributed by atoms with Crippen LogP contribution in [-0.2, 0) is 12.3 Å². The summed E-state index contributed by atoms with van der Waals surface area (Å²) in [5.41, 5.74) is 4.20. The molecule has 0 saturated carbocycles. The molecule has 2 aromatic carbocycles. The second-order valence-electron chi connectivity index (χ2n) is 7.08. The highest BCUT2D eigenvalue weighted by Crippen LogP contribution is 2.43. The van der Waals surface area contributed by atoms with E-state index >= 15 is 0 Å². The van der Waals surface area contributed by atoms with Crippen molar-refractivity contribution in [2.75, 3.05) is 5.32 Å². The number of amides is 1. The van der Waals surface area contributed by atoms with Crippen LogP contribution in [-0.4, -0.2) is 15.9 Å². The Morgan fingerprint density at radius 2 is 1.86 bits per heavy atom. The first-order valence-corrected chi connectivity index (χ1v) is 9.06. The van der Waals surface area contributed by atoms with Gasteiger partial charge in [-0.05, 0) is 49.1 Å². The molecule has 0 aliphatic heterocycles. The lowest BCUT2D eigenvalue weighted by Crippen LogP contribution is -2.14. The maximum absolute atomic E-state index is 14.1. The number of fused-ring (bicyclic) bond motifs is 1. The molecule has 1 amide bonds. The first-order chi connectivity index (χ1) is 13.3. The molecule has 0 spiro atoms. The normalized spacial score (nSPS) is 14.6. The first kappa shape index (κ1) is 18.2. The molecule has 0 unspecified atom stereocenters. The van der Waals surface area contributed by atoms with Crippen molar-refractivity contribution < 1.29 is 13.6 Å². The van der Waals surface area contributed by atoms with Crippen LogP contribution in [0.4, 0.5) is 14.6 Å². The number of aryl methyl sites for hydroxylation is 3. The Bertz CT molecular complexity index is 1060. The highest BCUT2D eigenvalue weighted by atomic mass is 19.3. The molecule has 4 nitrogen and oxygen atoms in total. The van der Waals surface area contributed by atoms with Crippen molar-refractivity contribution in [2.45, 2.75) is 32.6 Å². The van der Waals surface area contributed by atoms with Crippen LogP contribution >= 0.6 is 0 Å². The Morgan fingerprint density at radius 1 is 1.07 bits per heavy atom. The minimum Gasteiger partial charge on any atom is -0.305 e. The fraction of sp³-hybridized carbons (Fsp3) is 0.227. The molecule has 1 N–H and O–H groups in total. The molecule has 1 aliphatic carbocycles. The molecule has 1 aliphatic rings. The summed E-state index contributed by atoms with van der Waals surface area (Å²) in [6, 6.07) is 10.6. The molecule has 4 rings (SSSR count). The van der Waals surface area contributed by atoms with E-state index in [4.69, 9.17) is 0 Å². The summed E-state index contributed by atoms with van der Waals surface area (Å²) < 4.78 is 28.2. The van der Waals surface area contributed by atoms with Crippen molar-refractivity contribution in [3.63, 3.8) is 0 Å². The van der Waals surface area contributed by atoms with Gasteiger partial charge >= 0.3 is 0 Å². The molecule has 0 radical (unpaired) electrons. The van der Waals surface area contributed by atoms with Gasteiger partial charge in [-0.2, -0.15) is 0 Å². The van der Waals surface area contributed by atoms with Gasteiger partial charge in [0.05, 0.1) is 18.1 Å². The van der Waals surface area contributed by atoms with Crippen molar-refractivity contribution >= 4 is 11.7 Å². The van der Waals surface area contributed by atoms with Crippen LogP contribution in [0, 0.1) is 13.8 Å². The summed E-state index contributed by atoms with van der Waals surface area (Å²) in [4.78, 5) is 21.0. The quantitative estimate of drug-likeness (QED) is 0.693. The van der Waals surface area contributed by atoms with E-state index in [1.807, 2.05) is 26.0 Å². The zero-order valence-electron chi connectivity index (χ0n) is 15.6. The van der Waals surface area contributed by atoms with E-state index in [1.54, 1.807) is 18.2 Å². The highest BCUT2D eigenvalue weighted by Gasteiger charge is 2.39. The lowest BCUT2D eigenvalue weighted by molar-refractivity contribution is -0.00181.